The first kappa shape index (κ1) is 31.1. The molecule has 9 aromatic rings. The van der Waals surface area contributed by atoms with E-state index in [0.29, 0.717) is 28.7 Å². The second-order valence-corrected chi connectivity index (χ2v) is 14.9. The van der Waals surface area contributed by atoms with Crippen LogP contribution in [0.2, 0.25) is 0 Å². The molecule has 0 saturated carbocycles. The molecule has 0 fully saturated rings. The maximum absolute atomic E-state index is 14.3. The molecule has 6 heteroatoms. The van der Waals surface area contributed by atoms with Crippen molar-refractivity contribution in [2.45, 2.75) is 71.1 Å². The molecule has 0 bridgehead atoms. The summed E-state index contributed by atoms with van der Waals surface area (Å²) in [5.74, 6) is -0.407. The van der Waals surface area contributed by atoms with E-state index >= 15 is 0 Å². The lowest BCUT2D eigenvalue weighted by molar-refractivity contribution is 0.0607. The smallest absolute Gasteiger partial charge is 0.264 e. The number of imidazole rings is 1. The average Bonchev–Trinajstić information content (AvgIpc) is 3.54. The number of aromatic nitrogens is 2. The van der Waals surface area contributed by atoms with Gasteiger partial charge in [0.1, 0.15) is 5.65 Å². The highest BCUT2D eigenvalue weighted by Crippen LogP contribution is 2.46. The van der Waals surface area contributed by atoms with Crippen LogP contribution < -0.4 is 5.56 Å². The normalized spacial score (nSPS) is 13.7. The number of hydrogen-bond donors (Lipinski definition) is 0. The van der Waals surface area contributed by atoms with Crippen LogP contribution in [0.5, 0.6) is 0 Å². The number of hydrogen-bond acceptors (Lipinski definition) is 4. The van der Waals surface area contributed by atoms with Crippen LogP contribution in [-0.4, -0.2) is 32.6 Å². The predicted octanol–water partition coefficient (Wildman–Crippen LogP) is 11.2. The fourth-order valence-corrected chi connectivity index (χ4v) is 9.22. The van der Waals surface area contributed by atoms with Crippen molar-refractivity contribution >= 4 is 93.1 Å². The Morgan fingerprint density at radius 2 is 1.02 bits per heavy atom. The maximum atomic E-state index is 14.3. The van der Waals surface area contributed by atoms with E-state index < -0.39 is 0 Å². The van der Waals surface area contributed by atoms with Crippen LogP contribution in [0.15, 0.2) is 89.7 Å². The van der Waals surface area contributed by atoms with E-state index in [-0.39, 0.29) is 17.4 Å². The van der Waals surface area contributed by atoms with Crippen molar-refractivity contribution in [2.75, 3.05) is 6.54 Å². The highest BCUT2D eigenvalue weighted by atomic mass is 16.2. The summed E-state index contributed by atoms with van der Waals surface area (Å²) in [6.07, 6.45) is 12.0. The van der Waals surface area contributed by atoms with E-state index in [1.165, 1.54) is 49.8 Å². The summed E-state index contributed by atoms with van der Waals surface area (Å²) in [6, 6.07) is 28.3. The summed E-state index contributed by atoms with van der Waals surface area (Å²) in [5, 5.41) is 11.3. The van der Waals surface area contributed by atoms with Gasteiger partial charge in [-0.1, -0.05) is 113 Å². The zero-order valence-electron chi connectivity index (χ0n) is 29.4. The number of imide groups is 1. The largest absolute Gasteiger partial charge is 0.274 e. The van der Waals surface area contributed by atoms with Crippen molar-refractivity contribution in [3.8, 4) is 0 Å². The number of nitrogens with zero attached hydrogens (tertiary/aromatic N) is 3. The number of carbonyl (C=O) groups excluding carboxylic acids is 2. The van der Waals surface area contributed by atoms with Crippen molar-refractivity contribution in [3.05, 3.63) is 106 Å². The standard InChI is InChI=1S/C46H39N3O3/c1-2-3-4-5-6-7-8-9-10-13-24-48-44(50)34-21-17-31-29-16-20-33-41-36(23-19-30(39(29)41)32-18-22-35(45(48)51)42(34)40(31)32)46(52)49-38-26-28-15-12-11-14-27(28)25-37(38)47-43(33)49/h11-12,14-23,25-26H,2-10,13,24H2,1H3. The number of pyridine rings is 1. The molecule has 256 valence electrons. The Balaban J connectivity index is 1.06. The van der Waals surface area contributed by atoms with Crippen molar-refractivity contribution in [1.29, 1.82) is 0 Å². The van der Waals surface area contributed by atoms with E-state index in [9.17, 15) is 14.4 Å². The van der Waals surface area contributed by atoms with Crippen molar-refractivity contribution < 1.29 is 9.59 Å². The first-order valence-corrected chi connectivity index (χ1v) is 19.1. The molecule has 0 unspecified atom stereocenters. The summed E-state index contributed by atoms with van der Waals surface area (Å²) in [4.78, 5) is 48.8. The van der Waals surface area contributed by atoms with Gasteiger partial charge in [0.2, 0.25) is 0 Å². The minimum atomic E-state index is -0.203. The quantitative estimate of drug-likeness (QED) is 0.0589. The fourth-order valence-electron chi connectivity index (χ4n) is 9.22. The van der Waals surface area contributed by atoms with Crippen LogP contribution >= 0.6 is 0 Å². The molecule has 52 heavy (non-hydrogen) atoms. The zero-order chi connectivity index (χ0) is 35.1. The molecule has 0 atom stereocenters. The summed E-state index contributed by atoms with van der Waals surface area (Å²) >= 11 is 0. The molecule has 1 aliphatic rings. The molecule has 10 rings (SSSR count). The molecule has 7 aromatic carbocycles. The van der Waals surface area contributed by atoms with Gasteiger partial charge in [0.15, 0.2) is 0 Å². The topological polar surface area (TPSA) is 71.8 Å². The van der Waals surface area contributed by atoms with Gasteiger partial charge in [-0.2, -0.15) is 0 Å². The van der Waals surface area contributed by atoms with Gasteiger partial charge in [0.05, 0.1) is 11.0 Å². The lowest BCUT2D eigenvalue weighted by Crippen LogP contribution is -2.40. The van der Waals surface area contributed by atoms with E-state index in [4.69, 9.17) is 4.98 Å². The van der Waals surface area contributed by atoms with Gasteiger partial charge in [0, 0.05) is 39.2 Å². The van der Waals surface area contributed by atoms with E-state index in [2.05, 4.69) is 43.3 Å². The van der Waals surface area contributed by atoms with Gasteiger partial charge < -0.3 is 0 Å². The van der Waals surface area contributed by atoms with E-state index in [1.807, 2.05) is 48.5 Å². The third-order valence-electron chi connectivity index (χ3n) is 11.8. The first-order valence-electron chi connectivity index (χ1n) is 19.1. The second kappa shape index (κ2) is 12.0. The van der Waals surface area contributed by atoms with Crippen LogP contribution in [0.3, 0.4) is 0 Å². The van der Waals surface area contributed by atoms with Crippen molar-refractivity contribution in [2.24, 2.45) is 0 Å². The molecular formula is C46H39N3O3. The van der Waals surface area contributed by atoms with Gasteiger partial charge in [-0.25, -0.2) is 4.98 Å². The molecular weight excluding hydrogens is 643 g/mol. The molecule has 3 heterocycles. The highest BCUT2D eigenvalue weighted by molar-refractivity contribution is 6.41. The fraction of sp³-hybridized carbons (Fsp3) is 0.261. The van der Waals surface area contributed by atoms with Gasteiger partial charge in [-0.3, -0.25) is 23.7 Å². The summed E-state index contributed by atoms with van der Waals surface area (Å²) < 4.78 is 1.77. The van der Waals surface area contributed by atoms with Crippen LogP contribution in [0.4, 0.5) is 0 Å². The Hall–Kier alpha value is -5.62. The van der Waals surface area contributed by atoms with Crippen molar-refractivity contribution in [1.82, 2.24) is 14.3 Å². The molecule has 0 N–H and O–H groups in total. The minimum absolute atomic E-state index is 0.0845. The Bertz CT molecular complexity index is 2910. The molecule has 0 saturated heterocycles. The molecule has 0 spiro atoms. The Kier molecular flexibility index (Phi) is 7.17. The third-order valence-corrected chi connectivity index (χ3v) is 11.8. The lowest BCUT2D eigenvalue weighted by atomic mass is 9.84. The Morgan fingerprint density at radius 3 is 1.65 bits per heavy atom. The number of unbranched alkanes of at least 4 members (excludes halogenated alkanes) is 9. The van der Waals surface area contributed by atoms with Crippen LogP contribution in [0, 0.1) is 0 Å². The maximum Gasteiger partial charge on any atom is 0.264 e. The van der Waals surface area contributed by atoms with E-state index in [0.717, 1.165) is 89.5 Å². The number of carbonyl (C=O) groups is 2. The lowest BCUT2D eigenvalue weighted by Gasteiger charge is -2.28. The third kappa shape index (κ3) is 4.43. The number of fused-ring (bicyclic) bond motifs is 7. The summed E-state index contributed by atoms with van der Waals surface area (Å²) in [7, 11) is 0. The molecule has 0 radical (unpaired) electrons. The van der Waals surface area contributed by atoms with Gasteiger partial charge in [0.25, 0.3) is 17.4 Å². The zero-order valence-corrected chi connectivity index (χ0v) is 29.4. The monoisotopic (exact) mass is 681 g/mol. The average molecular weight is 682 g/mol. The second-order valence-electron chi connectivity index (χ2n) is 14.9. The number of benzene rings is 7. The molecule has 6 nitrogen and oxygen atoms in total. The molecule has 0 aliphatic carbocycles. The van der Waals surface area contributed by atoms with Crippen LogP contribution in [-0.2, 0) is 0 Å². The van der Waals surface area contributed by atoms with Gasteiger partial charge >= 0.3 is 0 Å². The highest BCUT2D eigenvalue weighted by Gasteiger charge is 2.34. The number of rotatable bonds is 11. The van der Waals surface area contributed by atoms with Gasteiger partial charge in [-0.05, 0) is 85.9 Å². The summed E-state index contributed by atoms with van der Waals surface area (Å²) in [6.45, 7) is 2.69. The Morgan fingerprint density at radius 1 is 0.519 bits per heavy atom. The van der Waals surface area contributed by atoms with Crippen LogP contribution in [0.25, 0.3) is 81.3 Å². The molecule has 2 amide bonds. The van der Waals surface area contributed by atoms with Gasteiger partial charge in [-0.15, -0.1) is 0 Å². The molecule has 2 aromatic heterocycles. The van der Waals surface area contributed by atoms with E-state index in [1.54, 1.807) is 4.40 Å². The molecule has 1 aliphatic heterocycles. The SMILES string of the molecule is CCCCCCCCCCCCN1C(=O)c2ccc3c4ccc5c(=O)n6c7cc8ccccc8cc7nc6c6ccc(c7ccc(c2c37)C1=O)c4c56. The van der Waals surface area contributed by atoms with Crippen LogP contribution in [0.1, 0.15) is 91.8 Å². The van der Waals surface area contributed by atoms with Crippen molar-refractivity contribution in [3.63, 3.8) is 0 Å². The summed E-state index contributed by atoms with van der Waals surface area (Å²) in [5.41, 5.74) is 3.35. The predicted molar refractivity (Wildman–Crippen MR) is 214 cm³/mol. The number of amides is 2. The minimum Gasteiger partial charge on any atom is -0.274 e. The Labute approximate surface area is 300 Å². The first-order chi connectivity index (χ1) is 25.5.